The molecule has 1 saturated heterocycles. The molecule has 2 unspecified atom stereocenters. The highest BCUT2D eigenvalue weighted by atomic mass is 19.1. The van der Waals surface area contributed by atoms with Crippen LogP contribution in [-0.2, 0) is 68.7 Å². The van der Waals surface area contributed by atoms with E-state index in [1.165, 1.54) is 38.1 Å². The molecule has 29 heteroatoms. The predicted octanol–water partition coefficient (Wildman–Crippen LogP) is -0.937. The number of carbonyl (C=O) groups is 12. The number of nitrogens with one attached hydrogen (secondary N) is 11. The van der Waals surface area contributed by atoms with E-state index < -0.39 is 204 Å². The molecule has 1 spiro atoms. The molecule has 2 fully saturated rings. The van der Waals surface area contributed by atoms with Crippen LogP contribution in [0, 0.1) is 35.4 Å². The van der Waals surface area contributed by atoms with Gasteiger partial charge >= 0.3 is 5.97 Å². The van der Waals surface area contributed by atoms with Gasteiger partial charge in [0.25, 0.3) is 0 Å². The van der Waals surface area contributed by atoms with Crippen molar-refractivity contribution in [2.24, 2.45) is 35.3 Å². The topological polar surface area (TPSA) is 422 Å². The standard InChI is InChI=1S/C64H97FN12O16/c1-12-33(5)48(73-55(83)44(67-11)29-39-19-17-16-18-20-39)58(86)70-45(31-78)56(84)69-43(25-26-47(66)80)54(82)72-50(35(7)14-3)60(88)74-49(34(6)13-2)59(87)71-46(32-79)57(85)75-52-38(10)93-62(90)51(36(8)15-4)76-63(91)64(77-53(81)37(9)68-61(52)89)30-40(64)27-28-92-42-23-21-41(65)22-24-42/h16-24,33-38,40,43-46,48-52,67,78-79H,12-15,25-32H2,1-11H3,(H2,66,80)(H,68,89)(H,69,84)(H,70,86)(H,71,87)(H,72,82)(H,73,83)(H,74,88)(H,75,85)(H,76,91)(H,77,81)/t33-,34-,35-,36-,37-,38-,40?,43+,44+,45-,46-,48-,49-,50+,51-,52+,64?/m0/s1. The van der Waals surface area contributed by atoms with Crippen molar-refractivity contribution in [1.82, 2.24) is 58.5 Å². The van der Waals surface area contributed by atoms with E-state index in [1.807, 2.05) is 30.3 Å². The molecule has 1 saturated carbocycles. The Hall–Kier alpha value is -8.31. The minimum Gasteiger partial charge on any atom is -0.494 e. The lowest BCUT2D eigenvalue weighted by Gasteiger charge is -2.31. The molecule has 516 valence electrons. The van der Waals surface area contributed by atoms with Crippen molar-refractivity contribution in [3.8, 4) is 5.75 Å². The van der Waals surface area contributed by atoms with Crippen molar-refractivity contribution < 1.29 is 81.6 Å². The van der Waals surface area contributed by atoms with E-state index in [4.69, 9.17) is 15.2 Å². The second kappa shape index (κ2) is 36.8. The van der Waals surface area contributed by atoms with E-state index in [0.717, 1.165) is 5.56 Å². The normalized spacial score (nSPS) is 22.6. The predicted molar refractivity (Wildman–Crippen MR) is 338 cm³/mol. The lowest BCUT2D eigenvalue weighted by molar-refractivity contribution is -0.157. The summed E-state index contributed by atoms with van der Waals surface area (Å²) < 4.78 is 25.0. The van der Waals surface area contributed by atoms with E-state index >= 15 is 0 Å². The Balaban J connectivity index is 1.51. The fraction of sp³-hybridized carbons (Fsp3) is 0.625. The molecule has 1 heterocycles. The van der Waals surface area contributed by atoms with Crippen LogP contribution in [0.1, 0.15) is 126 Å². The van der Waals surface area contributed by atoms with Crippen LogP contribution >= 0.6 is 0 Å². The fourth-order valence-electron chi connectivity index (χ4n) is 10.4. The van der Waals surface area contributed by atoms with Gasteiger partial charge in [-0.3, -0.25) is 52.7 Å². The van der Waals surface area contributed by atoms with Crippen molar-refractivity contribution in [2.45, 2.75) is 199 Å². The summed E-state index contributed by atoms with van der Waals surface area (Å²) in [4.78, 5) is 167. The summed E-state index contributed by atoms with van der Waals surface area (Å²) in [6.07, 6.45) is -0.413. The van der Waals surface area contributed by atoms with Gasteiger partial charge < -0.3 is 83.9 Å². The van der Waals surface area contributed by atoms with Crippen LogP contribution in [0.5, 0.6) is 5.75 Å². The number of cyclic esters (lactones) is 1. The van der Waals surface area contributed by atoms with E-state index in [0.29, 0.717) is 25.0 Å². The van der Waals surface area contributed by atoms with Crippen LogP contribution in [0.4, 0.5) is 4.39 Å². The molecule has 2 aromatic rings. The highest BCUT2D eigenvalue weighted by molar-refractivity contribution is 6.01. The largest absolute Gasteiger partial charge is 0.494 e. The van der Waals surface area contributed by atoms with Gasteiger partial charge in [-0.15, -0.1) is 0 Å². The maximum absolute atomic E-state index is 14.4. The number of ether oxygens (including phenoxy) is 2. The third-order valence-electron chi connectivity index (χ3n) is 17.5. The Morgan fingerprint density at radius 2 is 1.15 bits per heavy atom. The molecule has 15 N–H and O–H groups in total. The molecule has 0 bridgehead atoms. The van der Waals surface area contributed by atoms with Crippen LogP contribution in [0.25, 0.3) is 0 Å². The van der Waals surface area contributed by atoms with Crippen molar-refractivity contribution in [2.75, 3.05) is 26.9 Å². The van der Waals surface area contributed by atoms with Crippen molar-refractivity contribution in [3.05, 3.63) is 66.0 Å². The molecule has 28 nitrogen and oxygen atoms in total. The first-order valence-corrected chi connectivity index (χ1v) is 31.9. The van der Waals surface area contributed by atoms with Gasteiger partial charge in [-0.25, -0.2) is 9.18 Å². The average Bonchev–Trinajstić information content (AvgIpc) is 1.58. The lowest BCUT2D eigenvalue weighted by Crippen LogP contribution is -2.63. The molecule has 11 amide bonds. The molecule has 1 aliphatic heterocycles. The molecule has 2 aliphatic rings. The SMILES string of the molecule is CC[C@H](C)[C@H](NC(=O)[C@@H](Cc1ccccc1)NC)C(=O)N[C@@H](CO)C(=O)N[C@H](CCC(N)=O)C(=O)N[C@@H](C(=O)N[C@H](C(=O)N[C@@H](CO)C(=O)N[C@H]1C(=O)N[C@@H](C)C(=O)NC2(CC2CCOc2ccc(F)cc2)C(=O)N[C@@H]([C@@H](C)CC)C(=O)O[C@H]1C)[C@@H](C)CC)[C@@H](C)CC. The summed E-state index contributed by atoms with van der Waals surface area (Å²) in [5.41, 5.74) is 4.78. The zero-order valence-corrected chi connectivity index (χ0v) is 55.0. The first kappa shape index (κ1) is 77.1. The number of primary amides is 1. The molecule has 17 atom stereocenters. The van der Waals surface area contributed by atoms with Gasteiger partial charge in [0.1, 0.15) is 77.6 Å². The summed E-state index contributed by atoms with van der Waals surface area (Å²) in [5, 5.41) is 49.7. The Kier molecular flexibility index (Phi) is 30.5. The lowest BCUT2D eigenvalue weighted by atomic mass is 9.94. The first-order valence-electron chi connectivity index (χ1n) is 31.9. The second-order valence-corrected chi connectivity index (χ2v) is 24.3. The first-order chi connectivity index (χ1) is 44.0. The highest BCUT2D eigenvalue weighted by Gasteiger charge is 2.62. The van der Waals surface area contributed by atoms with Gasteiger partial charge in [-0.05, 0) is 106 Å². The van der Waals surface area contributed by atoms with Gasteiger partial charge in [0.2, 0.25) is 65.0 Å². The Morgan fingerprint density at radius 3 is 1.66 bits per heavy atom. The number of aliphatic hydroxyl groups is 2. The third kappa shape index (κ3) is 22.2. The minimum atomic E-state index is -1.84. The number of benzene rings is 2. The Labute approximate surface area is 542 Å². The third-order valence-corrected chi connectivity index (χ3v) is 17.5. The zero-order valence-electron chi connectivity index (χ0n) is 55.0. The summed E-state index contributed by atoms with van der Waals surface area (Å²) in [6, 6.07) is 0.0622. The number of carbonyl (C=O) groups excluding carboxylic acids is 12. The maximum Gasteiger partial charge on any atom is 0.329 e. The summed E-state index contributed by atoms with van der Waals surface area (Å²) in [6.45, 7) is 14.2. The van der Waals surface area contributed by atoms with Crippen LogP contribution in [0.2, 0.25) is 0 Å². The quantitative estimate of drug-likeness (QED) is 0.0376. The molecule has 0 radical (unpaired) electrons. The number of esters is 1. The minimum absolute atomic E-state index is 0.0801. The van der Waals surface area contributed by atoms with Crippen LogP contribution in [0.15, 0.2) is 54.6 Å². The van der Waals surface area contributed by atoms with Gasteiger partial charge in [0.15, 0.2) is 0 Å². The Morgan fingerprint density at radius 1 is 0.656 bits per heavy atom. The number of aliphatic hydroxyl groups excluding tert-OH is 2. The van der Waals surface area contributed by atoms with Gasteiger partial charge in [-0.2, -0.15) is 0 Å². The molecule has 2 aromatic carbocycles. The number of amides is 11. The number of likely N-dealkylation sites (N-methyl/N-ethyl adjacent to an activating group) is 1. The fourth-order valence-corrected chi connectivity index (χ4v) is 10.4. The second-order valence-electron chi connectivity index (χ2n) is 24.3. The molecule has 4 rings (SSSR count). The van der Waals surface area contributed by atoms with Crippen LogP contribution in [0.3, 0.4) is 0 Å². The van der Waals surface area contributed by atoms with Crippen LogP contribution in [-0.4, -0.2) is 180 Å². The number of nitrogens with two attached hydrogens (primary N) is 1. The van der Waals surface area contributed by atoms with Gasteiger partial charge in [-0.1, -0.05) is 111 Å². The molecular weight excluding hydrogens is 1210 g/mol. The average molecular weight is 1310 g/mol. The van der Waals surface area contributed by atoms with Crippen molar-refractivity contribution in [3.63, 3.8) is 0 Å². The summed E-state index contributed by atoms with van der Waals surface area (Å²) in [7, 11) is 1.60. The zero-order chi connectivity index (χ0) is 69.4. The monoisotopic (exact) mass is 1310 g/mol. The summed E-state index contributed by atoms with van der Waals surface area (Å²) in [5.74, 6) is -13.8. The van der Waals surface area contributed by atoms with E-state index in [9.17, 15) is 72.1 Å². The van der Waals surface area contributed by atoms with Crippen molar-refractivity contribution in [1.29, 1.82) is 0 Å². The highest BCUT2D eigenvalue weighted by Crippen LogP contribution is 2.46. The molecule has 93 heavy (non-hydrogen) atoms. The van der Waals surface area contributed by atoms with Gasteiger partial charge in [0.05, 0.1) is 25.9 Å². The van der Waals surface area contributed by atoms with E-state index in [1.54, 1.807) is 62.4 Å². The molecule has 0 aromatic heterocycles. The Bertz CT molecular complexity index is 2910. The number of hydrogen-bond acceptors (Lipinski definition) is 17. The smallest absolute Gasteiger partial charge is 0.329 e. The van der Waals surface area contributed by atoms with Gasteiger partial charge in [0, 0.05) is 6.42 Å². The number of halogens is 1. The number of hydrogen-bond donors (Lipinski definition) is 14. The summed E-state index contributed by atoms with van der Waals surface area (Å²) >= 11 is 0. The number of rotatable bonds is 34. The van der Waals surface area contributed by atoms with E-state index in [2.05, 4.69) is 58.5 Å². The molecule has 1 aliphatic carbocycles. The molecular formula is C64H97FN12O16. The van der Waals surface area contributed by atoms with Crippen LogP contribution < -0.4 is 69.0 Å². The van der Waals surface area contributed by atoms with Crippen molar-refractivity contribution >= 4 is 70.9 Å². The van der Waals surface area contributed by atoms with E-state index in [-0.39, 0.29) is 32.3 Å². The maximum atomic E-state index is 14.4.